The van der Waals surface area contributed by atoms with Gasteiger partial charge in [-0.3, -0.25) is 0 Å². The first-order valence-electron chi connectivity index (χ1n) is 4.93. The van der Waals surface area contributed by atoms with Crippen molar-refractivity contribution in [2.45, 2.75) is 13.0 Å². The van der Waals surface area contributed by atoms with Crippen LogP contribution in [0, 0.1) is 0 Å². The van der Waals surface area contributed by atoms with Crippen molar-refractivity contribution in [1.29, 1.82) is 0 Å². The Morgan fingerprint density at radius 3 is 2.07 bits per heavy atom. The first kappa shape index (κ1) is 11.7. The van der Waals surface area contributed by atoms with Gasteiger partial charge < -0.3 is 12.4 Å². The number of nitrogens with zero attached hydrogens (tertiary/aromatic N) is 1. The van der Waals surface area contributed by atoms with Crippen LogP contribution in [0.25, 0.3) is 0 Å². The first-order valence-corrected chi connectivity index (χ1v) is 4.93. The van der Waals surface area contributed by atoms with Gasteiger partial charge in [0.15, 0.2) is 18.9 Å². The van der Waals surface area contributed by atoms with Crippen LogP contribution in [0.4, 0.5) is 0 Å². The third-order valence-corrected chi connectivity index (χ3v) is 2.28. The maximum atomic E-state index is 2.20. The largest absolute Gasteiger partial charge is 1.00 e. The zero-order valence-electron chi connectivity index (χ0n) is 8.51. The molecule has 0 spiro atoms. The summed E-state index contributed by atoms with van der Waals surface area (Å²) in [7, 11) is 0. The van der Waals surface area contributed by atoms with E-state index in [1.54, 1.807) is 0 Å². The molecule has 2 rings (SSSR count). The normalized spacial score (nSPS) is 9.33. The highest BCUT2D eigenvalue weighted by molar-refractivity contribution is 5.14. The fraction of sp³-hybridized carbons (Fsp3) is 0.154. The van der Waals surface area contributed by atoms with Gasteiger partial charge in [-0.25, -0.2) is 4.57 Å². The Hall–Kier alpha value is -1.34. The molecule has 0 saturated heterocycles. The van der Waals surface area contributed by atoms with Gasteiger partial charge in [0.1, 0.15) is 0 Å². The van der Waals surface area contributed by atoms with Gasteiger partial charge in [-0.2, -0.15) is 0 Å². The molecule has 0 aliphatic rings. The molecule has 2 aromatic rings. The molecule has 1 nitrogen and oxygen atoms in total. The van der Waals surface area contributed by atoms with E-state index in [2.05, 4.69) is 59.4 Å². The molecule has 0 radical (unpaired) electrons. The van der Waals surface area contributed by atoms with E-state index >= 15 is 0 Å². The lowest BCUT2D eigenvalue weighted by atomic mass is 10.1. The number of aryl methyl sites for hydroxylation is 2. The second-order valence-corrected chi connectivity index (χ2v) is 3.35. The van der Waals surface area contributed by atoms with Crippen LogP contribution in [0.1, 0.15) is 5.56 Å². The molecule has 15 heavy (non-hydrogen) atoms. The van der Waals surface area contributed by atoms with Crippen LogP contribution in [0.2, 0.25) is 0 Å². The predicted molar refractivity (Wildman–Crippen MR) is 56.8 cm³/mol. The molecule has 0 unspecified atom stereocenters. The lowest BCUT2D eigenvalue weighted by molar-refractivity contribution is -0.696. The van der Waals surface area contributed by atoms with Crippen molar-refractivity contribution < 1.29 is 17.0 Å². The summed E-state index contributed by atoms with van der Waals surface area (Å²) in [5.74, 6) is 0. The molecule has 0 bridgehead atoms. The molecule has 1 heterocycles. The highest BCUT2D eigenvalue weighted by Gasteiger charge is 1.98. The van der Waals surface area contributed by atoms with E-state index in [0.717, 1.165) is 13.0 Å². The lowest BCUT2D eigenvalue weighted by Crippen LogP contribution is -3.00. The number of rotatable bonds is 3. The summed E-state index contributed by atoms with van der Waals surface area (Å²) in [5, 5.41) is 0. The molecule has 0 atom stereocenters. The predicted octanol–water partition coefficient (Wildman–Crippen LogP) is -0.779. The molecule has 0 fully saturated rings. The summed E-state index contributed by atoms with van der Waals surface area (Å²) in [4.78, 5) is 0. The molecule has 1 aromatic heterocycles. The lowest BCUT2D eigenvalue weighted by Gasteiger charge is -1.97. The van der Waals surface area contributed by atoms with E-state index in [4.69, 9.17) is 0 Å². The summed E-state index contributed by atoms with van der Waals surface area (Å²) < 4.78 is 2.20. The second-order valence-electron chi connectivity index (χ2n) is 3.35. The maximum Gasteiger partial charge on any atom is 0.168 e. The maximum absolute atomic E-state index is 2.20. The van der Waals surface area contributed by atoms with Crippen LogP contribution in [0.15, 0.2) is 60.9 Å². The van der Waals surface area contributed by atoms with Crippen LogP contribution in [-0.2, 0) is 13.0 Å². The smallest absolute Gasteiger partial charge is 0.168 e. The Labute approximate surface area is 96.8 Å². The number of hydrogen-bond donors (Lipinski definition) is 0. The first-order chi connectivity index (χ1) is 6.95. The van der Waals surface area contributed by atoms with Crippen LogP contribution in [0.5, 0.6) is 0 Å². The third-order valence-electron chi connectivity index (χ3n) is 2.28. The standard InChI is InChI=1S/C13H14N.ClH/c1-3-7-13(8-4-1)9-12-14-10-5-2-6-11-14;/h1-8,10-11H,9,12H2;1H/q+1;/p-1. The topological polar surface area (TPSA) is 3.88 Å². The molecule has 0 saturated carbocycles. The monoisotopic (exact) mass is 219 g/mol. The van der Waals surface area contributed by atoms with Crippen LogP contribution >= 0.6 is 0 Å². The van der Waals surface area contributed by atoms with E-state index in [-0.39, 0.29) is 12.4 Å². The minimum Gasteiger partial charge on any atom is -1.00 e. The van der Waals surface area contributed by atoms with E-state index in [1.165, 1.54) is 5.56 Å². The van der Waals surface area contributed by atoms with Gasteiger partial charge in [-0.05, 0) is 5.56 Å². The van der Waals surface area contributed by atoms with Gasteiger partial charge in [0.2, 0.25) is 0 Å². The van der Waals surface area contributed by atoms with Crippen molar-refractivity contribution in [2.75, 3.05) is 0 Å². The van der Waals surface area contributed by atoms with Gasteiger partial charge >= 0.3 is 0 Å². The molecule has 78 valence electrons. The van der Waals surface area contributed by atoms with Crippen LogP contribution in [0.3, 0.4) is 0 Å². The van der Waals surface area contributed by atoms with Crippen molar-refractivity contribution in [1.82, 2.24) is 0 Å². The molecule has 0 aliphatic carbocycles. The average Bonchev–Trinajstić information content (AvgIpc) is 2.29. The zero-order valence-corrected chi connectivity index (χ0v) is 9.27. The Balaban J connectivity index is 0.00000112. The van der Waals surface area contributed by atoms with Gasteiger partial charge in [-0.15, -0.1) is 0 Å². The summed E-state index contributed by atoms with van der Waals surface area (Å²) in [6, 6.07) is 16.7. The van der Waals surface area contributed by atoms with Crippen molar-refractivity contribution in [3.05, 3.63) is 66.5 Å². The summed E-state index contributed by atoms with van der Waals surface area (Å²) in [6.07, 6.45) is 5.29. The Morgan fingerprint density at radius 1 is 0.800 bits per heavy atom. The average molecular weight is 220 g/mol. The van der Waals surface area contributed by atoms with E-state index < -0.39 is 0 Å². The minimum atomic E-state index is 0. The molecule has 2 heteroatoms. The SMILES string of the molecule is [Cl-].c1ccc(CC[n+]2ccccc2)cc1. The highest BCUT2D eigenvalue weighted by Crippen LogP contribution is 1.98. The van der Waals surface area contributed by atoms with E-state index in [0.29, 0.717) is 0 Å². The van der Waals surface area contributed by atoms with Crippen LogP contribution in [-0.4, -0.2) is 0 Å². The summed E-state index contributed by atoms with van der Waals surface area (Å²) >= 11 is 0. The van der Waals surface area contributed by atoms with Crippen LogP contribution < -0.4 is 17.0 Å². The summed E-state index contributed by atoms with van der Waals surface area (Å²) in [5.41, 5.74) is 1.39. The Morgan fingerprint density at radius 2 is 1.40 bits per heavy atom. The van der Waals surface area contributed by atoms with Crippen molar-refractivity contribution in [3.8, 4) is 0 Å². The fourth-order valence-electron chi connectivity index (χ4n) is 1.49. The number of hydrogen-bond acceptors (Lipinski definition) is 0. The van der Waals surface area contributed by atoms with Gasteiger partial charge in [0.25, 0.3) is 0 Å². The molecular weight excluding hydrogens is 206 g/mol. The summed E-state index contributed by atoms with van der Waals surface area (Å²) in [6.45, 7) is 1.05. The minimum absolute atomic E-state index is 0. The molecular formula is C13H14ClN. The van der Waals surface area contributed by atoms with E-state index in [1.807, 2.05) is 6.07 Å². The number of aromatic nitrogens is 1. The molecule has 0 N–H and O–H groups in total. The number of halogens is 1. The van der Waals surface area contributed by atoms with Gasteiger partial charge in [0.05, 0.1) is 0 Å². The molecule has 0 aliphatic heterocycles. The van der Waals surface area contributed by atoms with Gasteiger partial charge in [0, 0.05) is 18.6 Å². The Kier molecular flexibility index (Phi) is 4.85. The second kappa shape index (κ2) is 6.20. The quantitative estimate of drug-likeness (QED) is 0.597. The van der Waals surface area contributed by atoms with Crippen molar-refractivity contribution >= 4 is 0 Å². The van der Waals surface area contributed by atoms with E-state index in [9.17, 15) is 0 Å². The molecule has 0 amide bonds. The zero-order chi connectivity index (χ0) is 9.64. The highest BCUT2D eigenvalue weighted by atomic mass is 35.5. The van der Waals surface area contributed by atoms with Crippen molar-refractivity contribution in [2.24, 2.45) is 0 Å². The molecule has 1 aromatic carbocycles. The van der Waals surface area contributed by atoms with Gasteiger partial charge in [-0.1, -0.05) is 36.4 Å². The van der Waals surface area contributed by atoms with Crippen molar-refractivity contribution in [3.63, 3.8) is 0 Å². The number of pyridine rings is 1. The third kappa shape index (κ3) is 3.72. The Bertz CT molecular complexity index is 333. The number of benzene rings is 1. The fourth-order valence-corrected chi connectivity index (χ4v) is 1.49.